The Morgan fingerprint density at radius 3 is 1.67 bits per heavy atom. The Bertz CT molecular complexity index is 652. The summed E-state index contributed by atoms with van der Waals surface area (Å²) in [5.74, 6) is 0. The van der Waals surface area contributed by atoms with Crippen molar-refractivity contribution < 1.29 is 0 Å². The van der Waals surface area contributed by atoms with Crippen molar-refractivity contribution >= 4 is 15.9 Å². The monoisotopic (exact) mass is 338 g/mol. The second kappa shape index (κ2) is 6.64. The minimum absolute atomic E-state index is 0.843. The summed E-state index contributed by atoms with van der Waals surface area (Å²) in [6, 6.07) is 18.6. The Morgan fingerprint density at radius 2 is 1.24 bits per heavy atom. The molecule has 3 aromatic rings. The number of nitrogens with zero attached hydrogens (tertiary/aromatic N) is 2. The molecule has 0 amide bonds. The van der Waals surface area contributed by atoms with Gasteiger partial charge in [0.25, 0.3) is 0 Å². The number of pyridine rings is 2. The fraction of sp³-hybridized carbons (Fsp3) is 0.111. The van der Waals surface area contributed by atoms with Gasteiger partial charge in [0, 0.05) is 41.1 Å². The predicted molar refractivity (Wildman–Crippen MR) is 88.2 cm³/mol. The number of hydrogen-bond acceptors (Lipinski definition) is 2. The zero-order valence-corrected chi connectivity index (χ0v) is 13.1. The lowest BCUT2D eigenvalue weighted by molar-refractivity contribution is 1.04. The third-order valence-electron chi connectivity index (χ3n) is 3.24. The van der Waals surface area contributed by atoms with Crippen molar-refractivity contribution in [2.24, 2.45) is 0 Å². The van der Waals surface area contributed by atoms with Gasteiger partial charge in [-0.3, -0.25) is 9.97 Å². The van der Waals surface area contributed by atoms with Crippen LogP contribution in [0.3, 0.4) is 0 Å². The number of hydrogen-bond donors (Lipinski definition) is 0. The molecule has 3 rings (SSSR count). The van der Waals surface area contributed by atoms with E-state index < -0.39 is 0 Å². The highest BCUT2D eigenvalue weighted by Gasteiger charge is 2.03. The molecule has 1 aromatic carbocycles. The van der Waals surface area contributed by atoms with Gasteiger partial charge >= 0.3 is 0 Å². The van der Waals surface area contributed by atoms with Crippen LogP contribution in [0.2, 0.25) is 0 Å². The lowest BCUT2D eigenvalue weighted by Gasteiger charge is -2.07. The van der Waals surface area contributed by atoms with E-state index in [9.17, 15) is 0 Å². The smallest absolute Gasteiger partial charge is 0.0447 e. The first-order valence-corrected chi connectivity index (χ1v) is 7.67. The van der Waals surface area contributed by atoms with Gasteiger partial charge in [0.05, 0.1) is 0 Å². The average Bonchev–Trinajstić information content (AvgIpc) is 2.48. The van der Waals surface area contributed by atoms with Gasteiger partial charge in [0.2, 0.25) is 0 Å². The lowest BCUT2D eigenvalue weighted by Crippen LogP contribution is -1.96. The molecular weight excluding hydrogens is 324 g/mol. The topological polar surface area (TPSA) is 25.8 Å². The van der Waals surface area contributed by atoms with Gasteiger partial charge < -0.3 is 0 Å². The van der Waals surface area contributed by atoms with E-state index in [-0.39, 0.29) is 0 Å². The van der Waals surface area contributed by atoms with Gasteiger partial charge in [-0.1, -0.05) is 34.1 Å². The van der Waals surface area contributed by atoms with Crippen molar-refractivity contribution in [3.63, 3.8) is 0 Å². The van der Waals surface area contributed by atoms with Crippen molar-refractivity contribution in [2.45, 2.75) is 12.8 Å². The minimum Gasteiger partial charge on any atom is -0.261 e. The maximum atomic E-state index is 4.39. The molecule has 2 aromatic heterocycles. The summed E-state index contributed by atoms with van der Waals surface area (Å²) in [6.07, 6.45) is 5.36. The van der Waals surface area contributed by atoms with Crippen LogP contribution in [0.25, 0.3) is 0 Å². The van der Waals surface area contributed by atoms with Crippen LogP contribution >= 0.6 is 15.9 Å². The largest absolute Gasteiger partial charge is 0.261 e. The highest BCUT2D eigenvalue weighted by Crippen LogP contribution is 2.19. The minimum atomic E-state index is 0.843. The van der Waals surface area contributed by atoms with Crippen LogP contribution in [0.4, 0.5) is 0 Å². The van der Waals surface area contributed by atoms with Crippen molar-refractivity contribution in [2.75, 3.05) is 0 Å². The number of rotatable bonds is 4. The molecule has 0 aliphatic carbocycles. The van der Waals surface area contributed by atoms with E-state index in [1.807, 2.05) is 36.7 Å². The molecule has 0 saturated carbocycles. The van der Waals surface area contributed by atoms with Crippen LogP contribution in [-0.2, 0) is 12.8 Å². The van der Waals surface area contributed by atoms with Gasteiger partial charge in [-0.15, -0.1) is 0 Å². The number of aromatic nitrogens is 2. The Balaban J connectivity index is 1.83. The molecule has 0 aliphatic heterocycles. The maximum absolute atomic E-state index is 4.39. The summed E-state index contributed by atoms with van der Waals surface area (Å²) in [5.41, 5.74) is 4.68. The zero-order valence-electron chi connectivity index (χ0n) is 11.5. The quantitative estimate of drug-likeness (QED) is 0.703. The third-order valence-corrected chi connectivity index (χ3v) is 3.70. The molecule has 0 spiro atoms. The summed E-state index contributed by atoms with van der Waals surface area (Å²) in [5, 5.41) is 0. The van der Waals surface area contributed by atoms with Crippen LogP contribution in [-0.4, -0.2) is 9.97 Å². The maximum Gasteiger partial charge on any atom is 0.0447 e. The second-order valence-corrected chi connectivity index (χ2v) is 5.88. The molecule has 2 heterocycles. The van der Waals surface area contributed by atoms with E-state index in [0.717, 1.165) is 28.7 Å². The van der Waals surface area contributed by atoms with Crippen molar-refractivity contribution in [3.8, 4) is 0 Å². The van der Waals surface area contributed by atoms with E-state index in [0.29, 0.717) is 0 Å². The molecule has 0 radical (unpaired) electrons. The molecule has 0 bridgehead atoms. The predicted octanol–water partition coefficient (Wildman–Crippen LogP) is 4.42. The van der Waals surface area contributed by atoms with Crippen LogP contribution < -0.4 is 0 Å². The molecule has 0 saturated heterocycles. The summed E-state index contributed by atoms with van der Waals surface area (Å²) >= 11 is 3.60. The van der Waals surface area contributed by atoms with Crippen molar-refractivity contribution in [1.82, 2.24) is 9.97 Å². The van der Waals surface area contributed by atoms with Gasteiger partial charge in [-0.25, -0.2) is 0 Å². The zero-order chi connectivity index (χ0) is 14.5. The first-order chi connectivity index (χ1) is 10.3. The van der Waals surface area contributed by atoms with Crippen LogP contribution in [0.1, 0.15) is 22.5 Å². The molecule has 0 N–H and O–H groups in total. The van der Waals surface area contributed by atoms with Crippen LogP contribution in [0.15, 0.2) is 71.5 Å². The average molecular weight is 339 g/mol. The summed E-state index contributed by atoms with van der Waals surface area (Å²) < 4.78 is 1.10. The van der Waals surface area contributed by atoms with Gasteiger partial charge in [0.15, 0.2) is 0 Å². The fourth-order valence-corrected chi connectivity index (χ4v) is 2.93. The standard InChI is InChI=1S/C18H15BrN2/c19-16-10-14(12-17-5-1-3-7-20-17)9-15(11-16)13-18-6-2-4-8-21-18/h1-11H,12-13H2. The number of halogens is 1. The first-order valence-electron chi connectivity index (χ1n) is 6.88. The second-order valence-electron chi connectivity index (χ2n) is 4.96. The first kappa shape index (κ1) is 14.0. The third kappa shape index (κ3) is 3.99. The Kier molecular flexibility index (Phi) is 4.41. The van der Waals surface area contributed by atoms with E-state index >= 15 is 0 Å². The molecular formula is C18H15BrN2. The Hall–Kier alpha value is -2.00. The Labute approximate surface area is 133 Å². The fourth-order valence-electron chi connectivity index (χ4n) is 2.35. The van der Waals surface area contributed by atoms with Gasteiger partial charge in [-0.05, 0) is 47.5 Å². The normalized spacial score (nSPS) is 10.5. The van der Waals surface area contributed by atoms with Crippen molar-refractivity contribution in [3.05, 3.63) is 94.0 Å². The van der Waals surface area contributed by atoms with E-state index in [4.69, 9.17) is 0 Å². The molecule has 0 fully saturated rings. The van der Waals surface area contributed by atoms with E-state index in [2.05, 4.69) is 56.2 Å². The molecule has 21 heavy (non-hydrogen) atoms. The SMILES string of the molecule is Brc1cc(Cc2ccccn2)cc(Cc2ccccn2)c1. The summed E-state index contributed by atoms with van der Waals surface area (Å²) in [4.78, 5) is 8.78. The summed E-state index contributed by atoms with van der Waals surface area (Å²) in [7, 11) is 0. The molecule has 2 nitrogen and oxygen atoms in total. The Morgan fingerprint density at radius 1 is 0.714 bits per heavy atom. The molecule has 104 valence electrons. The lowest BCUT2D eigenvalue weighted by atomic mass is 10.0. The molecule has 0 aliphatic rings. The van der Waals surface area contributed by atoms with Crippen molar-refractivity contribution in [1.29, 1.82) is 0 Å². The molecule has 3 heteroatoms. The van der Waals surface area contributed by atoms with Crippen LogP contribution in [0, 0.1) is 0 Å². The highest BCUT2D eigenvalue weighted by molar-refractivity contribution is 9.10. The summed E-state index contributed by atoms with van der Waals surface area (Å²) in [6.45, 7) is 0. The van der Waals surface area contributed by atoms with E-state index in [1.54, 1.807) is 0 Å². The van der Waals surface area contributed by atoms with Gasteiger partial charge in [0.1, 0.15) is 0 Å². The van der Waals surface area contributed by atoms with E-state index in [1.165, 1.54) is 11.1 Å². The molecule has 0 atom stereocenters. The highest BCUT2D eigenvalue weighted by atomic mass is 79.9. The van der Waals surface area contributed by atoms with Gasteiger partial charge in [-0.2, -0.15) is 0 Å². The van der Waals surface area contributed by atoms with Crippen LogP contribution in [0.5, 0.6) is 0 Å². The number of benzene rings is 1. The molecule has 0 unspecified atom stereocenters.